The molecule has 0 saturated heterocycles. The van der Waals surface area contributed by atoms with Crippen molar-refractivity contribution in [3.8, 4) is 0 Å². The number of thioether (sulfide) groups is 1. The van der Waals surface area contributed by atoms with E-state index >= 15 is 0 Å². The summed E-state index contributed by atoms with van der Waals surface area (Å²) in [5.74, 6) is 0.795. The molecule has 1 heterocycles. The Morgan fingerprint density at radius 2 is 2.15 bits per heavy atom. The van der Waals surface area contributed by atoms with E-state index in [9.17, 15) is 4.79 Å². The Labute approximate surface area is 128 Å². The van der Waals surface area contributed by atoms with Crippen LogP contribution < -0.4 is 11.1 Å². The average molecular weight is 313 g/mol. The van der Waals surface area contributed by atoms with Crippen molar-refractivity contribution < 1.29 is 4.79 Å². The maximum absolute atomic E-state index is 12.0. The zero-order valence-corrected chi connectivity index (χ0v) is 13.6. The van der Waals surface area contributed by atoms with Gasteiger partial charge in [-0.15, -0.1) is 11.3 Å². The second-order valence-corrected chi connectivity index (χ2v) is 7.25. The van der Waals surface area contributed by atoms with Crippen LogP contribution in [0.25, 0.3) is 0 Å². The van der Waals surface area contributed by atoms with Crippen molar-refractivity contribution in [2.75, 3.05) is 17.3 Å². The molecule has 6 heteroatoms. The van der Waals surface area contributed by atoms with Crippen LogP contribution in [0.3, 0.4) is 0 Å². The highest BCUT2D eigenvalue weighted by Crippen LogP contribution is 2.28. The highest BCUT2D eigenvalue weighted by Gasteiger charge is 2.17. The number of anilines is 1. The zero-order chi connectivity index (χ0) is 14.4. The van der Waals surface area contributed by atoms with Crippen molar-refractivity contribution in [1.82, 2.24) is 4.98 Å². The van der Waals surface area contributed by atoms with Gasteiger partial charge in [0.1, 0.15) is 0 Å². The molecular weight excluding hydrogens is 290 g/mol. The van der Waals surface area contributed by atoms with Crippen molar-refractivity contribution in [2.45, 2.75) is 51.0 Å². The van der Waals surface area contributed by atoms with Crippen molar-refractivity contribution in [3.05, 3.63) is 10.6 Å². The minimum absolute atomic E-state index is 0.110. The molecule has 0 aliphatic heterocycles. The van der Waals surface area contributed by atoms with Gasteiger partial charge in [0.25, 0.3) is 0 Å². The molecule has 2 rings (SSSR count). The third kappa shape index (κ3) is 4.46. The minimum atomic E-state index is -0.436. The number of thiazole rings is 1. The SMILES string of the molecule is CSCC[C@H](N)C(=O)Nc1nc2c(s1)CCCCCC2. The number of aromatic nitrogens is 1. The van der Waals surface area contributed by atoms with Gasteiger partial charge in [-0.05, 0) is 44.1 Å². The van der Waals surface area contributed by atoms with Crippen LogP contribution in [0, 0.1) is 0 Å². The number of hydrogen-bond acceptors (Lipinski definition) is 5. The summed E-state index contributed by atoms with van der Waals surface area (Å²) in [5.41, 5.74) is 7.06. The fourth-order valence-electron chi connectivity index (χ4n) is 2.33. The predicted molar refractivity (Wildman–Crippen MR) is 87.6 cm³/mol. The number of hydrogen-bond donors (Lipinski definition) is 2. The van der Waals surface area contributed by atoms with Crippen molar-refractivity contribution in [3.63, 3.8) is 0 Å². The Kier molecular flexibility index (Phi) is 6.32. The maximum Gasteiger partial charge on any atom is 0.243 e. The first-order chi connectivity index (χ1) is 9.70. The third-order valence-electron chi connectivity index (χ3n) is 3.55. The largest absolute Gasteiger partial charge is 0.320 e. The van der Waals surface area contributed by atoms with E-state index in [-0.39, 0.29) is 5.91 Å². The topological polar surface area (TPSA) is 68.0 Å². The van der Waals surface area contributed by atoms with E-state index in [0.717, 1.165) is 23.7 Å². The summed E-state index contributed by atoms with van der Waals surface area (Å²) in [6, 6.07) is -0.436. The Balaban J connectivity index is 1.95. The summed E-state index contributed by atoms with van der Waals surface area (Å²) in [6.07, 6.45) is 9.90. The van der Waals surface area contributed by atoms with Crippen LogP contribution in [0.4, 0.5) is 5.13 Å². The summed E-state index contributed by atoms with van der Waals surface area (Å²) >= 11 is 3.33. The number of nitrogens with zero attached hydrogens (tertiary/aromatic N) is 1. The highest BCUT2D eigenvalue weighted by atomic mass is 32.2. The van der Waals surface area contributed by atoms with Gasteiger partial charge in [0, 0.05) is 4.88 Å². The van der Waals surface area contributed by atoms with E-state index in [1.54, 1.807) is 23.1 Å². The third-order valence-corrected chi connectivity index (χ3v) is 5.26. The molecule has 1 aromatic rings. The van der Waals surface area contributed by atoms with Gasteiger partial charge in [-0.25, -0.2) is 4.98 Å². The first-order valence-corrected chi connectivity index (χ1v) is 9.45. The molecule has 0 bridgehead atoms. The Morgan fingerprint density at radius 3 is 2.90 bits per heavy atom. The van der Waals surface area contributed by atoms with Gasteiger partial charge in [-0.1, -0.05) is 12.8 Å². The molecule has 1 aromatic heterocycles. The molecule has 0 unspecified atom stereocenters. The van der Waals surface area contributed by atoms with Gasteiger partial charge < -0.3 is 11.1 Å². The number of nitrogens with two attached hydrogens (primary N) is 1. The molecule has 0 spiro atoms. The fourth-order valence-corrected chi connectivity index (χ4v) is 3.88. The van der Waals surface area contributed by atoms with Crippen LogP contribution in [0.2, 0.25) is 0 Å². The zero-order valence-electron chi connectivity index (χ0n) is 12.0. The number of carbonyl (C=O) groups is 1. The van der Waals surface area contributed by atoms with Gasteiger partial charge in [0.15, 0.2) is 5.13 Å². The molecule has 0 fully saturated rings. The van der Waals surface area contributed by atoms with Crippen molar-refractivity contribution in [2.24, 2.45) is 5.73 Å². The molecule has 4 nitrogen and oxygen atoms in total. The Bertz CT molecular complexity index is 422. The number of nitrogens with one attached hydrogen (secondary N) is 1. The van der Waals surface area contributed by atoms with Gasteiger partial charge in [-0.2, -0.15) is 11.8 Å². The summed E-state index contributed by atoms with van der Waals surface area (Å²) in [5, 5.41) is 3.61. The van der Waals surface area contributed by atoms with Crippen LogP contribution >= 0.6 is 23.1 Å². The lowest BCUT2D eigenvalue weighted by Crippen LogP contribution is -2.36. The van der Waals surface area contributed by atoms with Crippen molar-refractivity contribution >= 4 is 34.1 Å². The normalized spacial score (nSPS) is 16.9. The van der Waals surface area contributed by atoms with Gasteiger partial charge >= 0.3 is 0 Å². The lowest BCUT2D eigenvalue weighted by Gasteiger charge is -2.09. The van der Waals surface area contributed by atoms with E-state index in [4.69, 9.17) is 5.73 Å². The van der Waals surface area contributed by atoms with E-state index in [0.29, 0.717) is 6.42 Å². The quantitative estimate of drug-likeness (QED) is 0.877. The van der Waals surface area contributed by atoms with Crippen LogP contribution in [-0.2, 0) is 17.6 Å². The molecule has 112 valence electrons. The average Bonchev–Trinajstić information content (AvgIpc) is 2.77. The number of amides is 1. The fraction of sp³-hybridized carbons (Fsp3) is 0.714. The molecule has 1 aliphatic carbocycles. The summed E-state index contributed by atoms with van der Waals surface area (Å²) in [7, 11) is 0. The standard InChI is InChI=1S/C14H23N3OS2/c1-19-9-8-10(15)13(18)17-14-16-11-6-4-2-3-5-7-12(11)20-14/h10H,2-9,15H2,1H3,(H,16,17,18)/t10-/m0/s1. The first-order valence-electron chi connectivity index (χ1n) is 7.24. The maximum atomic E-state index is 12.0. The predicted octanol–water partition coefficient (Wildman–Crippen LogP) is 2.82. The van der Waals surface area contributed by atoms with Crippen LogP contribution in [-0.4, -0.2) is 28.9 Å². The summed E-state index contributed by atoms with van der Waals surface area (Å²) < 4.78 is 0. The van der Waals surface area contributed by atoms with Crippen molar-refractivity contribution in [1.29, 1.82) is 0 Å². The second kappa shape index (κ2) is 8.00. The lowest BCUT2D eigenvalue weighted by molar-refractivity contribution is -0.117. The molecule has 1 amide bonds. The monoisotopic (exact) mass is 313 g/mol. The molecule has 20 heavy (non-hydrogen) atoms. The van der Waals surface area contributed by atoms with Crippen LogP contribution in [0.1, 0.15) is 42.7 Å². The lowest BCUT2D eigenvalue weighted by atomic mass is 10.0. The highest BCUT2D eigenvalue weighted by molar-refractivity contribution is 7.98. The molecule has 1 atom stereocenters. The second-order valence-electron chi connectivity index (χ2n) is 5.18. The first kappa shape index (κ1) is 15.8. The van der Waals surface area contributed by atoms with E-state index in [1.165, 1.54) is 36.3 Å². The molecule has 1 aliphatic rings. The minimum Gasteiger partial charge on any atom is -0.320 e. The Morgan fingerprint density at radius 1 is 1.40 bits per heavy atom. The number of rotatable bonds is 5. The molecule has 0 saturated carbocycles. The van der Waals surface area contributed by atoms with Gasteiger partial charge in [0.05, 0.1) is 11.7 Å². The molecule has 0 aromatic carbocycles. The van der Waals surface area contributed by atoms with E-state index < -0.39 is 6.04 Å². The number of carbonyl (C=O) groups excluding carboxylic acids is 1. The molecular formula is C14H23N3OS2. The number of aryl methyl sites for hydroxylation is 2. The Hall–Kier alpha value is -0.590. The van der Waals surface area contributed by atoms with E-state index in [2.05, 4.69) is 10.3 Å². The summed E-state index contributed by atoms with van der Waals surface area (Å²) in [4.78, 5) is 17.9. The summed E-state index contributed by atoms with van der Waals surface area (Å²) in [6.45, 7) is 0. The van der Waals surface area contributed by atoms with E-state index in [1.807, 2.05) is 6.26 Å². The van der Waals surface area contributed by atoms with Gasteiger partial charge in [0.2, 0.25) is 5.91 Å². The molecule has 0 radical (unpaired) electrons. The smallest absolute Gasteiger partial charge is 0.243 e. The number of fused-ring (bicyclic) bond motifs is 1. The molecule has 3 N–H and O–H groups in total. The van der Waals surface area contributed by atoms with Crippen LogP contribution in [0.5, 0.6) is 0 Å². The van der Waals surface area contributed by atoms with Crippen LogP contribution in [0.15, 0.2) is 0 Å². The van der Waals surface area contributed by atoms with Gasteiger partial charge in [-0.3, -0.25) is 4.79 Å².